The molecule has 0 spiro atoms. The molecule has 1 aromatic rings. The van der Waals surface area contributed by atoms with E-state index in [1.54, 1.807) is 5.01 Å². The van der Waals surface area contributed by atoms with Gasteiger partial charge in [-0.05, 0) is 32.0 Å². The van der Waals surface area contributed by atoms with E-state index in [1.807, 2.05) is 13.8 Å². The molecule has 6 heteroatoms. The van der Waals surface area contributed by atoms with Gasteiger partial charge in [0.15, 0.2) is 0 Å². The van der Waals surface area contributed by atoms with E-state index in [2.05, 4.69) is 16.3 Å². The number of nitrogens with zero attached hydrogens (tertiary/aromatic N) is 3. The Morgan fingerprint density at radius 1 is 1.26 bits per heavy atom. The van der Waals surface area contributed by atoms with Crippen LogP contribution in [0.1, 0.15) is 25.0 Å². The van der Waals surface area contributed by atoms with Gasteiger partial charge in [0.05, 0.1) is 11.1 Å². The maximum Gasteiger partial charge on any atom is 0.416 e. The molecule has 0 aliphatic rings. The Hall–Kier alpha value is -2.03. The highest BCUT2D eigenvalue weighted by atomic mass is 19.4. The fourth-order valence-electron chi connectivity index (χ4n) is 1.38. The molecule has 1 rings (SSSR count). The smallest absolute Gasteiger partial charge is 0.279 e. The first-order valence-electron chi connectivity index (χ1n) is 5.76. The number of alkyl halides is 3. The second kappa shape index (κ2) is 6.23. The standard InChI is InChI=1S/C13H14F3N3/c1-4-10-9-11(13(14,15)16)7-8-12(10)17-18-19(5-2)6-3/h1,7-9H,5-6H2,2-3H3. The number of rotatable bonds is 4. The zero-order valence-electron chi connectivity index (χ0n) is 10.7. The van der Waals surface area contributed by atoms with Crippen LogP contribution in [0, 0.1) is 12.3 Å². The molecule has 0 N–H and O–H groups in total. The van der Waals surface area contributed by atoms with Crippen LogP contribution in [0.2, 0.25) is 0 Å². The molecule has 0 fully saturated rings. The Bertz CT molecular complexity index is 497. The summed E-state index contributed by atoms with van der Waals surface area (Å²) in [6.45, 7) is 5.12. The Labute approximate surface area is 110 Å². The third kappa shape index (κ3) is 3.98. The molecule has 0 aliphatic carbocycles. The summed E-state index contributed by atoms with van der Waals surface area (Å²) in [6, 6.07) is 3.07. The first-order valence-corrected chi connectivity index (χ1v) is 5.76. The summed E-state index contributed by atoms with van der Waals surface area (Å²) in [5, 5.41) is 9.46. The summed E-state index contributed by atoms with van der Waals surface area (Å²) in [5.41, 5.74) is -0.463. The van der Waals surface area contributed by atoms with Crippen LogP contribution < -0.4 is 0 Å². The summed E-state index contributed by atoms with van der Waals surface area (Å²) >= 11 is 0. The van der Waals surface area contributed by atoms with Crippen molar-refractivity contribution in [1.82, 2.24) is 5.01 Å². The van der Waals surface area contributed by atoms with E-state index < -0.39 is 11.7 Å². The monoisotopic (exact) mass is 269 g/mol. The zero-order chi connectivity index (χ0) is 14.5. The van der Waals surface area contributed by atoms with E-state index in [-0.39, 0.29) is 11.3 Å². The van der Waals surface area contributed by atoms with Crippen LogP contribution in [-0.4, -0.2) is 18.1 Å². The summed E-state index contributed by atoms with van der Waals surface area (Å²) in [5.74, 6) is 2.20. The molecule has 0 aromatic heterocycles. The molecule has 0 radical (unpaired) electrons. The largest absolute Gasteiger partial charge is 0.416 e. The lowest BCUT2D eigenvalue weighted by molar-refractivity contribution is -0.137. The summed E-state index contributed by atoms with van der Waals surface area (Å²) in [6.07, 6.45) is 0.785. The van der Waals surface area contributed by atoms with Crippen LogP contribution in [0.3, 0.4) is 0 Å². The van der Waals surface area contributed by atoms with Gasteiger partial charge in [-0.15, -0.1) is 11.5 Å². The normalized spacial score (nSPS) is 11.6. The highest BCUT2D eigenvalue weighted by Gasteiger charge is 2.30. The van der Waals surface area contributed by atoms with Crippen molar-refractivity contribution >= 4 is 5.69 Å². The highest BCUT2D eigenvalue weighted by Crippen LogP contribution is 2.32. The van der Waals surface area contributed by atoms with Gasteiger partial charge in [0.25, 0.3) is 0 Å². The first-order chi connectivity index (χ1) is 8.92. The fraction of sp³-hybridized carbons (Fsp3) is 0.385. The van der Waals surface area contributed by atoms with E-state index in [9.17, 15) is 13.2 Å². The Kier molecular flexibility index (Phi) is 4.93. The van der Waals surface area contributed by atoms with Crippen molar-refractivity contribution in [2.45, 2.75) is 20.0 Å². The van der Waals surface area contributed by atoms with Crippen molar-refractivity contribution in [2.24, 2.45) is 10.3 Å². The zero-order valence-corrected chi connectivity index (χ0v) is 10.7. The number of benzene rings is 1. The fourth-order valence-corrected chi connectivity index (χ4v) is 1.38. The molecule has 0 bridgehead atoms. The molecule has 102 valence electrons. The molecule has 0 aliphatic heterocycles. The minimum absolute atomic E-state index is 0.0748. The molecule has 0 atom stereocenters. The number of halogens is 3. The second-order valence-corrected chi connectivity index (χ2v) is 3.70. The first kappa shape index (κ1) is 15.0. The third-order valence-corrected chi connectivity index (χ3v) is 2.49. The predicted molar refractivity (Wildman–Crippen MR) is 66.8 cm³/mol. The molecular weight excluding hydrogens is 255 g/mol. The molecule has 0 amide bonds. The molecule has 0 saturated carbocycles. The van der Waals surface area contributed by atoms with Gasteiger partial charge in [0.2, 0.25) is 0 Å². The molecule has 19 heavy (non-hydrogen) atoms. The van der Waals surface area contributed by atoms with E-state index in [4.69, 9.17) is 6.42 Å². The van der Waals surface area contributed by atoms with Crippen molar-refractivity contribution in [3.8, 4) is 12.3 Å². The van der Waals surface area contributed by atoms with Crippen LogP contribution >= 0.6 is 0 Å². The van der Waals surface area contributed by atoms with Crippen molar-refractivity contribution < 1.29 is 13.2 Å². The van der Waals surface area contributed by atoms with Gasteiger partial charge in [0.1, 0.15) is 5.69 Å². The van der Waals surface area contributed by atoms with Crippen molar-refractivity contribution in [3.05, 3.63) is 29.3 Å². The Morgan fingerprint density at radius 2 is 1.89 bits per heavy atom. The molecule has 1 aromatic carbocycles. The summed E-state index contributed by atoms with van der Waals surface area (Å²) in [4.78, 5) is 0. The molecule has 0 unspecified atom stereocenters. The van der Waals surface area contributed by atoms with Gasteiger partial charge in [0, 0.05) is 13.1 Å². The van der Waals surface area contributed by atoms with Crippen molar-refractivity contribution in [2.75, 3.05) is 13.1 Å². The summed E-state index contributed by atoms with van der Waals surface area (Å²) < 4.78 is 37.6. The summed E-state index contributed by atoms with van der Waals surface area (Å²) in [7, 11) is 0. The Balaban J connectivity index is 3.08. The predicted octanol–water partition coefficient (Wildman–Crippen LogP) is 4.03. The average Bonchev–Trinajstić information content (AvgIpc) is 2.38. The lowest BCUT2D eigenvalue weighted by atomic mass is 10.1. The van der Waals surface area contributed by atoms with Crippen molar-refractivity contribution in [1.29, 1.82) is 0 Å². The second-order valence-electron chi connectivity index (χ2n) is 3.70. The van der Waals surface area contributed by atoms with Crippen LogP contribution in [0.5, 0.6) is 0 Å². The lowest BCUT2D eigenvalue weighted by Gasteiger charge is -2.12. The van der Waals surface area contributed by atoms with Crippen LogP contribution in [0.15, 0.2) is 28.5 Å². The maximum absolute atomic E-state index is 12.5. The van der Waals surface area contributed by atoms with E-state index >= 15 is 0 Å². The quantitative estimate of drug-likeness (QED) is 0.461. The van der Waals surface area contributed by atoms with Gasteiger partial charge < -0.3 is 0 Å². The average molecular weight is 269 g/mol. The third-order valence-electron chi connectivity index (χ3n) is 2.49. The lowest BCUT2D eigenvalue weighted by Crippen LogP contribution is -2.14. The topological polar surface area (TPSA) is 28.0 Å². The van der Waals surface area contributed by atoms with Gasteiger partial charge in [-0.2, -0.15) is 13.2 Å². The molecular formula is C13H14F3N3. The van der Waals surface area contributed by atoms with Gasteiger partial charge in [-0.3, -0.25) is 5.01 Å². The molecule has 0 saturated heterocycles. The minimum atomic E-state index is -4.42. The Morgan fingerprint density at radius 3 is 2.37 bits per heavy atom. The SMILES string of the molecule is C#Cc1cc(C(F)(F)F)ccc1N=NN(CC)CC. The van der Waals surface area contributed by atoms with Gasteiger partial charge in [-0.25, -0.2) is 0 Å². The van der Waals surface area contributed by atoms with Crippen LogP contribution in [-0.2, 0) is 6.18 Å². The maximum atomic E-state index is 12.5. The van der Waals surface area contributed by atoms with E-state index in [0.29, 0.717) is 13.1 Å². The van der Waals surface area contributed by atoms with Crippen molar-refractivity contribution in [3.63, 3.8) is 0 Å². The molecule has 3 nitrogen and oxygen atoms in total. The van der Waals surface area contributed by atoms with Gasteiger partial charge in [-0.1, -0.05) is 11.1 Å². The van der Waals surface area contributed by atoms with E-state index in [1.165, 1.54) is 6.07 Å². The van der Waals surface area contributed by atoms with Crippen LogP contribution in [0.25, 0.3) is 0 Å². The van der Waals surface area contributed by atoms with Gasteiger partial charge >= 0.3 is 6.18 Å². The van der Waals surface area contributed by atoms with E-state index in [0.717, 1.165) is 12.1 Å². The number of hydrogen-bond acceptors (Lipinski definition) is 2. The minimum Gasteiger partial charge on any atom is -0.279 e. The number of hydrogen-bond donors (Lipinski definition) is 0. The molecule has 0 heterocycles. The highest BCUT2D eigenvalue weighted by molar-refractivity contribution is 5.55. The van der Waals surface area contributed by atoms with Crippen LogP contribution in [0.4, 0.5) is 18.9 Å². The number of terminal acetylenes is 1.